The third-order valence-electron chi connectivity index (χ3n) is 1.64. The summed E-state index contributed by atoms with van der Waals surface area (Å²) >= 11 is 5.19. The van der Waals surface area contributed by atoms with Crippen LogP contribution in [0.15, 0.2) is 15.9 Å². The van der Waals surface area contributed by atoms with Crippen LogP contribution in [0.25, 0.3) is 0 Å². The van der Waals surface area contributed by atoms with E-state index in [2.05, 4.69) is 26.6 Å². The van der Waals surface area contributed by atoms with Crippen molar-refractivity contribution in [2.45, 2.75) is 6.54 Å². The standard InChI is InChI=1S/C9H14BrNO2S/c10-8-1-6-14-9(8)7-11-2-4-13-5-3-12/h1,6,11-12H,2-5,7H2. The van der Waals surface area contributed by atoms with Crippen LogP contribution in [-0.4, -0.2) is 31.5 Å². The Balaban J connectivity index is 2.02. The normalized spacial score (nSPS) is 10.7. The molecule has 0 fully saturated rings. The van der Waals surface area contributed by atoms with Crippen LogP contribution in [0.1, 0.15) is 4.88 Å². The van der Waals surface area contributed by atoms with E-state index in [9.17, 15) is 0 Å². The van der Waals surface area contributed by atoms with Crippen molar-refractivity contribution >= 4 is 27.3 Å². The van der Waals surface area contributed by atoms with Gasteiger partial charge in [0, 0.05) is 22.4 Å². The first-order valence-corrected chi connectivity index (χ1v) is 6.13. The molecule has 0 amide bonds. The predicted octanol–water partition coefficient (Wildman–Crippen LogP) is 1.61. The molecule has 1 rings (SSSR count). The van der Waals surface area contributed by atoms with Gasteiger partial charge in [-0.1, -0.05) is 0 Å². The second-order valence-corrected chi connectivity index (χ2v) is 4.56. The molecule has 80 valence electrons. The number of thiophene rings is 1. The van der Waals surface area contributed by atoms with E-state index in [1.807, 2.05) is 6.07 Å². The number of hydrogen-bond donors (Lipinski definition) is 2. The fourth-order valence-electron chi connectivity index (χ4n) is 0.964. The second-order valence-electron chi connectivity index (χ2n) is 2.70. The van der Waals surface area contributed by atoms with Crippen LogP contribution in [0.3, 0.4) is 0 Å². The van der Waals surface area contributed by atoms with E-state index in [0.29, 0.717) is 13.2 Å². The van der Waals surface area contributed by atoms with Crippen LogP contribution in [0.4, 0.5) is 0 Å². The predicted molar refractivity (Wildman–Crippen MR) is 61.6 cm³/mol. The second kappa shape index (κ2) is 7.36. The van der Waals surface area contributed by atoms with E-state index in [1.165, 1.54) is 4.88 Å². The average Bonchev–Trinajstić information content (AvgIpc) is 2.58. The Bertz CT molecular complexity index is 255. The van der Waals surface area contributed by atoms with E-state index in [4.69, 9.17) is 9.84 Å². The maximum atomic E-state index is 8.46. The number of aliphatic hydroxyl groups is 1. The number of nitrogens with one attached hydrogen (secondary N) is 1. The first kappa shape index (κ1) is 12.1. The smallest absolute Gasteiger partial charge is 0.0698 e. The molecule has 2 N–H and O–H groups in total. The van der Waals surface area contributed by atoms with E-state index < -0.39 is 0 Å². The lowest BCUT2D eigenvalue weighted by atomic mass is 10.4. The number of hydrogen-bond acceptors (Lipinski definition) is 4. The lowest BCUT2D eigenvalue weighted by molar-refractivity contribution is 0.0938. The average molecular weight is 280 g/mol. The van der Waals surface area contributed by atoms with Crippen molar-refractivity contribution in [2.24, 2.45) is 0 Å². The van der Waals surface area contributed by atoms with Crippen LogP contribution < -0.4 is 5.32 Å². The molecule has 3 nitrogen and oxygen atoms in total. The molecule has 0 aromatic carbocycles. The zero-order valence-electron chi connectivity index (χ0n) is 7.83. The number of ether oxygens (including phenoxy) is 1. The summed E-state index contributed by atoms with van der Waals surface area (Å²) in [5, 5.41) is 13.8. The van der Waals surface area contributed by atoms with Gasteiger partial charge in [0.15, 0.2) is 0 Å². The molecular weight excluding hydrogens is 266 g/mol. The van der Waals surface area contributed by atoms with Gasteiger partial charge in [-0.15, -0.1) is 11.3 Å². The molecule has 0 radical (unpaired) electrons. The van der Waals surface area contributed by atoms with Gasteiger partial charge in [-0.05, 0) is 27.4 Å². The van der Waals surface area contributed by atoms with Gasteiger partial charge in [-0.3, -0.25) is 0 Å². The number of aliphatic hydroxyl groups excluding tert-OH is 1. The SMILES string of the molecule is OCCOCCNCc1sccc1Br. The fourth-order valence-corrected chi connectivity index (χ4v) is 2.43. The fraction of sp³-hybridized carbons (Fsp3) is 0.556. The van der Waals surface area contributed by atoms with E-state index in [0.717, 1.165) is 17.6 Å². The van der Waals surface area contributed by atoms with E-state index >= 15 is 0 Å². The van der Waals surface area contributed by atoms with Gasteiger partial charge in [-0.2, -0.15) is 0 Å². The zero-order chi connectivity index (χ0) is 10.2. The highest BCUT2D eigenvalue weighted by atomic mass is 79.9. The maximum absolute atomic E-state index is 8.46. The lowest BCUT2D eigenvalue weighted by Gasteiger charge is -2.04. The molecule has 1 heterocycles. The Morgan fingerprint density at radius 2 is 2.36 bits per heavy atom. The van der Waals surface area contributed by atoms with Crippen LogP contribution in [0, 0.1) is 0 Å². The zero-order valence-corrected chi connectivity index (χ0v) is 10.2. The molecule has 0 spiro atoms. The molecule has 0 saturated carbocycles. The van der Waals surface area contributed by atoms with Crippen molar-refractivity contribution in [3.8, 4) is 0 Å². The Morgan fingerprint density at radius 1 is 1.50 bits per heavy atom. The summed E-state index contributed by atoms with van der Waals surface area (Å²) < 4.78 is 6.27. The minimum atomic E-state index is 0.0937. The Labute approximate surface area is 96.2 Å². The van der Waals surface area contributed by atoms with E-state index in [1.54, 1.807) is 11.3 Å². The minimum Gasteiger partial charge on any atom is -0.394 e. The summed E-state index contributed by atoms with van der Waals surface area (Å²) in [5.74, 6) is 0. The minimum absolute atomic E-state index is 0.0937. The summed E-state index contributed by atoms with van der Waals surface area (Å²) in [6.07, 6.45) is 0. The highest BCUT2D eigenvalue weighted by Gasteiger charge is 1.99. The van der Waals surface area contributed by atoms with Crippen LogP contribution in [0.2, 0.25) is 0 Å². The van der Waals surface area contributed by atoms with Crippen LogP contribution in [-0.2, 0) is 11.3 Å². The summed E-state index contributed by atoms with van der Waals surface area (Å²) in [4.78, 5) is 1.30. The molecule has 1 aromatic rings. The topological polar surface area (TPSA) is 41.5 Å². The number of halogens is 1. The third-order valence-corrected chi connectivity index (χ3v) is 3.56. The van der Waals surface area contributed by atoms with Gasteiger partial charge in [0.1, 0.15) is 0 Å². The summed E-state index contributed by atoms with van der Waals surface area (Å²) in [7, 11) is 0. The molecule has 5 heteroatoms. The molecule has 0 aliphatic carbocycles. The molecule has 14 heavy (non-hydrogen) atoms. The third kappa shape index (κ3) is 4.52. The van der Waals surface area contributed by atoms with Crippen LogP contribution >= 0.6 is 27.3 Å². The highest BCUT2D eigenvalue weighted by Crippen LogP contribution is 2.21. The van der Waals surface area contributed by atoms with Gasteiger partial charge >= 0.3 is 0 Å². The Morgan fingerprint density at radius 3 is 3.00 bits per heavy atom. The van der Waals surface area contributed by atoms with Gasteiger partial charge in [0.2, 0.25) is 0 Å². The monoisotopic (exact) mass is 279 g/mol. The molecule has 0 aliphatic heterocycles. The molecule has 0 unspecified atom stereocenters. The van der Waals surface area contributed by atoms with Gasteiger partial charge < -0.3 is 15.2 Å². The number of rotatable bonds is 7. The Hall–Kier alpha value is 0.0600. The van der Waals surface area contributed by atoms with Gasteiger partial charge in [0.05, 0.1) is 19.8 Å². The molecular formula is C9H14BrNO2S. The van der Waals surface area contributed by atoms with E-state index in [-0.39, 0.29) is 6.61 Å². The van der Waals surface area contributed by atoms with Crippen molar-refractivity contribution in [1.82, 2.24) is 5.32 Å². The molecule has 0 atom stereocenters. The van der Waals surface area contributed by atoms with Crippen molar-refractivity contribution in [3.63, 3.8) is 0 Å². The molecule has 0 bridgehead atoms. The first-order valence-electron chi connectivity index (χ1n) is 4.46. The van der Waals surface area contributed by atoms with Gasteiger partial charge in [-0.25, -0.2) is 0 Å². The van der Waals surface area contributed by atoms with Crippen molar-refractivity contribution in [3.05, 3.63) is 20.8 Å². The van der Waals surface area contributed by atoms with Crippen molar-refractivity contribution in [1.29, 1.82) is 0 Å². The van der Waals surface area contributed by atoms with Gasteiger partial charge in [0.25, 0.3) is 0 Å². The Kier molecular flexibility index (Phi) is 6.38. The quantitative estimate of drug-likeness (QED) is 0.746. The summed E-state index contributed by atoms with van der Waals surface area (Å²) in [6, 6.07) is 2.05. The summed E-state index contributed by atoms with van der Waals surface area (Å²) in [6.45, 7) is 2.83. The summed E-state index contributed by atoms with van der Waals surface area (Å²) in [5.41, 5.74) is 0. The molecule has 0 saturated heterocycles. The van der Waals surface area contributed by atoms with Crippen molar-refractivity contribution < 1.29 is 9.84 Å². The molecule has 0 aliphatic rings. The van der Waals surface area contributed by atoms with Crippen molar-refractivity contribution in [2.75, 3.05) is 26.4 Å². The lowest BCUT2D eigenvalue weighted by Crippen LogP contribution is -2.19. The largest absolute Gasteiger partial charge is 0.394 e. The first-order chi connectivity index (χ1) is 6.84. The maximum Gasteiger partial charge on any atom is 0.0698 e. The van der Waals surface area contributed by atoms with Crippen LogP contribution in [0.5, 0.6) is 0 Å². The molecule has 1 aromatic heterocycles. The highest BCUT2D eigenvalue weighted by molar-refractivity contribution is 9.10.